The highest BCUT2D eigenvalue weighted by Crippen LogP contribution is 2.37. The van der Waals surface area contributed by atoms with Crippen molar-refractivity contribution >= 4 is 23.6 Å². The Hall–Kier alpha value is -3.06. The van der Waals surface area contributed by atoms with Crippen molar-refractivity contribution in [3.05, 3.63) is 74.4 Å². The molecule has 0 bridgehead atoms. The monoisotopic (exact) mass is 363 g/mol. The highest BCUT2D eigenvalue weighted by atomic mass is 35.5. The zero-order valence-electron chi connectivity index (χ0n) is 13.1. The van der Waals surface area contributed by atoms with E-state index >= 15 is 0 Å². The molecule has 8 heteroatoms. The number of ether oxygens (including phenoxy) is 2. The van der Waals surface area contributed by atoms with Crippen LogP contribution in [0, 0.1) is 10.1 Å². The normalized spacial score (nSPS) is 10.6. The van der Waals surface area contributed by atoms with Crippen LogP contribution in [0.1, 0.15) is 21.5 Å². The van der Waals surface area contributed by atoms with Gasteiger partial charge in [0.1, 0.15) is 6.61 Å². The van der Waals surface area contributed by atoms with Crippen LogP contribution in [0.25, 0.3) is 6.08 Å². The van der Waals surface area contributed by atoms with Crippen molar-refractivity contribution in [2.24, 2.45) is 0 Å². The van der Waals surface area contributed by atoms with Gasteiger partial charge in [-0.25, -0.2) is 4.79 Å². The molecule has 130 valence electrons. The first kappa shape index (κ1) is 18.3. The minimum absolute atomic E-state index is 0.0846. The molecule has 0 unspecified atom stereocenters. The Morgan fingerprint density at radius 3 is 2.76 bits per heavy atom. The molecule has 7 nitrogen and oxygen atoms in total. The lowest BCUT2D eigenvalue weighted by molar-refractivity contribution is -0.400. The van der Waals surface area contributed by atoms with Gasteiger partial charge in [-0.1, -0.05) is 23.7 Å². The van der Waals surface area contributed by atoms with E-state index < -0.39 is 10.9 Å². The minimum atomic E-state index is -1.03. The fourth-order valence-electron chi connectivity index (χ4n) is 2.07. The molecule has 2 aromatic rings. The molecule has 0 spiro atoms. The molecule has 0 aliphatic heterocycles. The quantitative estimate of drug-likeness (QED) is 0.592. The van der Waals surface area contributed by atoms with Crippen LogP contribution in [0.5, 0.6) is 11.5 Å². The summed E-state index contributed by atoms with van der Waals surface area (Å²) in [4.78, 5) is 20.8. The van der Waals surface area contributed by atoms with Crippen LogP contribution in [-0.2, 0) is 6.61 Å². The third kappa shape index (κ3) is 4.95. The molecule has 0 saturated heterocycles. The van der Waals surface area contributed by atoms with Crippen LogP contribution in [0.3, 0.4) is 0 Å². The number of carboxylic acid groups (broad SMARTS) is 1. The number of benzene rings is 2. The van der Waals surface area contributed by atoms with E-state index in [2.05, 4.69) is 0 Å². The van der Waals surface area contributed by atoms with Gasteiger partial charge in [-0.3, -0.25) is 10.1 Å². The van der Waals surface area contributed by atoms with E-state index in [4.69, 9.17) is 26.2 Å². The highest BCUT2D eigenvalue weighted by molar-refractivity contribution is 6.32. The number of nitrogens with zero attached hydrogens (tertiary/aromatic N) is 1. The van der Waals surface area contributed by atoms with Crippen LogP contribution < -0.4 is 9.47 Å². The van der Waals surface area contributed by atoms with Crippen molar-refractivity contribution in [1.82, 2.24) is 0 Å². The van der Waals surface area contributed by atoms with Crippen LogP contribution >= 0.6 is 11.6 Å². The fraction of sp³-hybridized carbons (Fsp3) is 0.118. The van der Waals surface area contributed by atoms with Crippen molar-refractivity contribution in [1.29, 1.82) is 0 Å². The van der Waals surface area contributed by atoms with Crippen molar-refractivity contribution in [3.63, 3.8) is 0 Å². The summed E-state index contributed by atoms with van der Waals surface area (Å²) in [6, 6.07) is 9.38. The van der Waals surface area contributed by atoms with Gasteiger partial charge in [0, 0.05) is 6.08 Å². The maximum atomic E-state index is 11.0. The smallest absolute Gasteiger partial charge is 0.335 e. The number of carbonyl (C=O) groups is 1. The molecular formula is C17H14ClNO6. The second kappa shape index (κ2) is 8.16. The molecule has 25 heavy (non-hydrogen) atoms. The second-order valence-corrected chi connectivity index (χ2v) is 5.34. The number of aromatic carboxylic acids is 1. The molecule has 0 aromatic heterocycles. The minimum Gasteiger partial charge on any atom is -0.493 e. The summed E-state index contributed by atoms with van der Waals surface area (Å²) in [6.45, 7) is 0.0846. The van der Waals surface area contributed by atoms with Gasteiger partial charge in [-0.05, 0) is 35.4 Å². The van der Waals surface area contributed by atoms with E-state index in [9.17, 15) is 14.9 Å². The molecule has 1 N–H and O–H groups in total. The van der Waals surface area contributed by atoms with E-state index in [1.165, 1.54) is 31.4 Å². The van der Waals surface area contributed by atoms with Crippen LogP contribution in [0.2, 0.25) is 5.02 Å². The summed E-state index contributed by atoms with van der Waals surface area (Å²) in [5.74, 6) is -0.451. The van der Waals surface area contributed by atoms with Crippen LogP contribution in [0.4, 0.5) is 0 Å². The first-order valence-electron chi connectivity index (χ1n) is 7.05. The number of carboxylic acids is 1. The lowest BCUT2D eigenvalue weighted by atomic mass is 10.1. The molecule has 0 atom stereocenters. The maximum Gasteiger partial charge on any atom is 0.335 e. The number of rotatable bonds is 7. The Bertz CT molecular complexity index is 834. The zero-order valence-corrected chi connectivity index (χ0v) is 13.9. The van der Waals surface area contributed by atoms with Gasteiger partial charge in [0.25, 0.3) is 0 Å². The van der Waals surface area contributed by atoms with Gasteiger partial charge in [-0.2, -0.15) is 0 Å². The topological polar surface area (TPSA) is 98.9 Å². The van der Waals surface area contributed by atoms with Gasteiger partial charge in [0.2, 0.25) is 6.20 Å². The summed E-state index contributed by atoms with van der Waals surface area (Å²) >= 11 is 6.17. The van der Waals surface area contributed by atoms with Crippen LogP contribution in [0.15, 0.2) is 42.6 Å². The first-order valence-corrected chi connectivity index (χ1v) is 7.42. The second-order valence-electron chi connectivity index (χ2n) is 4.93. The van der Waals surface area contributed by atoms with E-state index in [-0.39, 0.29) is 22.9 Å². The summed E-state index contributed by atoms with van der Waals surface area (Å²) in [6.07, 6.45) is 2.08. The molecule has 0 amide bonds. The number of methoxy groups -OCH3 is 1. The van der Waals surface area contributed by atoms with Gasteiger partial charge in [0.15, 0.2) is 11.5 Å². The standard InChI is InChI=1S/C17H14ClNO6/c1-24-15-9-11(5-6-19(22)23)8-14(18)16(15)25-10-12-3-2-4-13(7-12)17(20)21/h2-9H,10H2,1H3,(H,20,21). The third-order valence-corrected chi connectivity index (χ3v) is 3.48. The van der Waals surface area contributed by atoms with Crippen LogP contribution in [-0.4, -0.2) is 23.1 Å². The lowest BCUT2D eigenvalue weighted by Gasteiger charge is -2.13. The predicted molar refractivity (Wildman–Crippen MR) is 91.8 cm³/mol. The fourth-order valence-corrected chi connectivity index (χ4v) is 2.35. The Morgan fingerprint density at radius 2 is 2.12 bits per heavy atom. The van der Waals surface area contributed by atoms with E-state index in [0.717, 1.165) is 6.20 Å². The molecular weight excluding hydrogens is 350 g/mol. The zero-order chi connectivity index (χ0) is 18.4. The third-order valence-electron chi connectivity index (χ3n) is 3.20. The maximum absolute atomic E-state index is 11.0. The average molecular weight is 364 g/mol. The van der Waals surface area contributed by atoms with Gasteiger partial charge < -0.3 is 14.6 Å². The van der Waals surface area contributed by atoms with E-state index in [1.54, 1.807) is 18.2 Å². The van der Waals surface area contributed by atoms with Crippen molar-refractivity contribution in [2.45, 2.75) is 6.61 Å². The van der Waals surface area contributed by atoms with Gasteiger partial charge >= 0.3 is 5.97 Å². The van der Waals surface area contributed by atoms with Crippen molar-refractivity contribution in [3.8, 4) is 11.5 Å². The first-order chi connectivity index (χ1) is 11.9. The molecule has 0 saturated carbocycles. The lowest BCUT2D eigenvalue weighted by Crippen LogP contribution is -2.01. The highest BCUT2D eigenvalue weighted by Gasteiger charge is 2.12. The Balaban J connectivity index is 2.23. The summed E-state index contributed by atoms with van der Waals surface area (Å²) in [5, 5.41) is 19.6. The largest absolute Gasteiger partial charge is 0.493 e. The van der Waals surface area contributed by atoms with Gasteiger partial charge in [-0.15, -0.1) is 0 Å². The summed E-state index contributed by atoms with van der Waals surface area (Å²) in [5.41, 5.74) is 1.29. The molecule has 0 aliphatic rings. The number of halogens is 1. The molecule has 0 aliphatic carbocycles. The molecule has 2 aromatic carbocycles. The Morgan fingerprint density at radius 1 is 1.36 bits per heavy atom. The molecule has 0 radical (unpaired) electrons. The predicted octanol–water partition coefficient (Wildman–Crippen LogP) is 3.87. The molecule has 0 fully saturated rings. The number of hydrogen-bond donors (Lipinski definition) is 1. The Labute approximate surface area is 148 Å². The van der Waals surface area contributed by atoms with Gasteiger partial charge in [0.05, 0.1) is 22.6 Å². The average Bonchev–Trinajstić information content (AvgIpc) is 2.58. The SMILES string of the molecule is COc1cc(C=C[N+](=O)[O-])cc(Cl)c1OCc1cccc(C(=O)O)c1. The van der Waals surface area contributed by atoms with Crippen molar-refractivity contribution in [2.75, 3.05) is 7.11 Å². The summed E-state index contributed by atoms with van der Waals surface area (Å²) in [7, 11) is 1.42. The number of hydrogen-bond acceptors (Lipinski definition) is 5. The number of nitro groups is 1. The molecule has 0 heterocycles. The Kier molecular flexibility index (Phi) is 5.97. The van der Waals surface area contributed by atoms with Crippen molar-refractivity contribution < 1.29 is 24.3 Å². The summed E-state index contributed by atoms with van der Waals surface area (Å²) < 4.78 is 10.9. The van der Waals surface area contributed by atoms with E-state index in [0.29, 0.717) is 16.9 Å². The molecule has 2 rings (SSSR count). The van der Waals surface area contributed by atoms with E-state index in [1.807, 2.05) is 0 Å².